The van der Waals surface area contributed by atoms with Gasteiger partial charge in [0.1, 0.15) is 0 Å². The molecule has 1 heterocycles. The number of aromatic amines is 1. The van der Waals surface area contributed by atoms with E-state index in [-0.39, 0.29) is 6.10 Å². The summed E-state index contributed by atoms with van der Waals surface area (Å²) in [5, 5.41) is 17.6. The molecule has 0 radical (unpaired) electrons. The Morgan fingerprint density at radius 3 is 2.78 bits per heavy atom. The van der Waals surface area contributed by atoms with E-state index in [1.807, 2.05) is 12.1 Å². The van der Waals surface area contributed by atoms with Crippen molar-refractivity contribution >= 4 is 16.9 Å². The van der Waals surface area contributed by atoms with Crippen LogP contribution in [0.4, 0.5) is 0 Å². The molecule has 0 atom stereocenters. The van der Waals surface area contributed by atoms with Crippen LogP contribution in [0.3, 0.4) is 0 Å². The number of aromatic nitrogens is 1. The van der Waals surface area contributed by atoms with Crippen molar-refractivity contribution in [1.29, 1.82) is 0 Å². The zero-order chi connectivity index (χ0) is 16.1. The molecule has 1 aromatic heterocycles. The van der Waals surface area contributed by atoms with Crippen molar-refractivity contribution in [2.24, 2.45) is 4.99 Å². The average molecular weight is 314 g/mol. The predicted octanol–water partition coefficient (Wildman–Crippen LogP) is 2.53. The Morgan fingerprint density at radius 1 is 1.26 bits per heavy atom. The number of aliphatic imine (C=N–C) groups is 1. The molecule has 0 bridgehead atoms. The standard InChI is InChI=1S/C18H26N4O/c1-2-19-18(22-14-7-9-16(23)10-8-14)20-12-15-11-13-5-3-4-6-17(13)21-15/h3-6,11,14,16,21,23H,2,7-10,12H2,1H3,(H2,19,20,22). The summed E-state index contributed by atoms with van der Waals surface area (Å²) in [6.07, 6.45) is 3.62. The third-order valence-corrected chi connectivity index (χ3v) is 4.38. The van der Waals surface area contributed by atoms with Crippen LogP contribution in [0.1, 0.15) is 38.3 Å². The van der Waals surface area contributed by atoms with E-state index in [0.29, 0.717) is 12.6 Å². The second-order valence-corrected chi connectivity index (χ2v) is 6.23. The summed E-state index contributed by atoms with van der Waals surface area (Å²) in [5.41, 5.74) is 2.26. The van der Waals surface area contributed by atoms with Crippen LogP contribution in [0.25, 0.3) is 10.9 Å². The van der Waals surface area contributed by atoms with Gasteiger partial charge in [0, 0.05) is 23.8 Å². The number of para-hydroxylation sites is 1. The Labute approximate surface area is 137 Å². The number of hydrogen-bond acceptors (Lipinski definition) is 2. The molecule has 1 aromatic carbocycles. The monoisotopic (exact) mass is 314 g/mol. The fourth-order valence-corrected chi connectivity index (χ4v) is 3.12. The van der Waals surface area contributed by atoms with Gasteiger partial charge in [0.2, 0.25) is 0 Å². The number of benzene rings is 1. The highest BCUT2D eigenvalue weighted by molar-refractivity contribution is 5.81. The molecule has 4 N–H and O–H groups in total. The Kier molecular flexibility index (Phi) is 5.18. The molecule has 5 nitrogen and oxygen atoms in total. The Hall–Kier alpha value is -2.01. The van der Waals surface area contributed by atoms with Crippen molar-refractivity contribution in [3.63, 3.8) is 0 Å². The fraction of sp³-hybridized carbons (Fsp3) is 0.500. The number of nitrogens with zero attached hydrogens (tertiary/aromatic N) is 1. The van der Waals surface area contributed by atoms with Gasteiger partial charge in [0.25, 0.3) is 0 Å². The molecule has 3 rings (SSSR count). The van der Waals surface area contributed by atoms with Gasteiger partial charge in [-0.3, -0.25) is 0 Å². The maximum Gasteiger partial charge on any atom is 0.191 e. The second kappa shape index (κ2) is 7.51. The third-order valence-electron chi connectivity index (χ3n) is 4.38. The largest absolute Gasteiger partial charge is 0.393 e. The van der Waals surface area contributed by atoms with E-state index in [1.165, 1.54) is 5.39 Å². The van der Waals surface area contributed by atoms with Crippen LogP contribution in [0.15, 0.2) is 35.3 Å². The predicted molar refractivity (Wildman–Crippen MR) is 94.5 cm³/mol. The first kappa shape index (κ1) is 15.9. The minimum Gasteiger partial charge on any atom is -0.393 e. The summed E-state index contributed by atoms with van der Waals surface area (Å²) in [6.45, 7) is 3.54. The minimum atomic E-state index is -0.126. The quantitative estimate of drug-likeness (QED) is 0.518. The van der Waals surface area contributed by atoms with Crippen LogP contribution in [0.2, 0.25) is 0 Å². The first-order chi connectivity index (χ1) is 11.2. The molecule has 0 aliphatic heterocycles. The van der Waals surface area contributed by atoms with Crippen molar-refractivity contribution in [3.8, 4) is 0 Å². The van der Waals surface area contributed by atoms with Crippen molar-refractivity contribution in [1.82, 2.24) is 15.6 Å². The average Bonchev–Trinajstić information content (AvgIpc) is 2.98. The molecule has 0 spiro atoms. The highest BCUT2D eigenvalue weighted by Crippen LogP contribution is 2.18. The van der Waals surface area contributed by atoms with E-state index in [2.05, 4.69) is 40.7 Å². The maximum atomic E-state index is 9.61. The normalized spacial score (nSPS) is 22.3. The van der Waals surface area contributed by atoms with E-state index < -0.39 is 0 Å². The zero-order valence-corrected chi connectivity index (χ0v) is 13.7. The van der Waals surface area contributed by atoms with Crippen molar-refractivity contribution < 1.29 is 5.11 Å². The molecular formula is C18H26N4O. The molecule has 2 aromatic rings. The van der Waals surface area contributed by atoms with Crippen molar-refractivity contribution in [2.75, 3.05) is 6.54 Å². The van der Waals surface area contributed by atoms with Gasteiger partial charge in [-0.2, -0.15) is 0 Å². The molecular weight excluding hydrogens is 288 g/mol. The number of aliphatic hydroxyl groups is 1. The van der Waals surface area contributed by atoms with Crippen molar-refractivity contribution in [3.05, 3.63) is 36.0 Å². The molecule has 0 saturated heterocycles. The molecule has 0 unspecified atom stereocenters. The molecule has 1 aliphatic carbocycles. The summed E-state index contributed by atoms with van der Waals surface area (Å²) in [6, 6.07) is 10.8. The first-order valence-corrected chi connectivity index (χ1v) is 8.54. The molecule has 1 aliphatic rings. The smallest absolute Gasteiger partial charge is 0.191 e. The number of guanidine groups is 1. The van der Waals surface area contributed by atoms with Crippen LogP contribution in [-0.2, 0) is 6.54 Å². The molecule has 5 heteroatoms. The Morgan fingerprint density at radius 2 is 2.04 bits per heavy atom. The van der Waals surface area contributed by atoms with Gasteiger partial charge < -0.3 is 20.7 Å². The Balaban J connectivity index is 1.63. The lowest BCUT2D eigenvalue weighted by Gasteiger charge is -2.27. The van der Waals surface area contributed by atoms with Gasteiger partial charge in [-0.1, -0.05) is 18.2 Å². The van der Waals surface area contributed by atoms with Crippen LogP contribution in [0.5, 0.6) is 0 Å². The highest BCUT2D eigenvalue weighted by atomic mass is 16.3. The maximum absolute atomic E-state index is 9.61. The van der Waals surface area contributed by atoms with E-state index in [0.717, 1.165) is 49.4 Å². The van der Waals surface area contributed by atoms with Crippen LogP contribution in [0, 0.1) is 0 Å². The van der Waals surface area contributed by atoms with Gasteiger partial charge in [0.15, 0.2) is 5.96 Å². The van der Waals surface area contributed by atoms with E-state index in [4.69, 9.17) is 4.99 Å². The summed E-state index contributed by atoms with van der Waals surface area (Å²) >= 11 is 0. The lowest BCUT2D eigenvalue weighted by atomic mass is 9.93. The molecule has 23 heavy (non-hydrogen) atoms. The summed E-state index contributed by atoms with van der Waals surface area (Å²) in [7, 11) is 0. The Bertz CT molecular complexity index is 623. The number of H-pyrrole nitrogens is 1. The fourth-order valence-electron chi connectivity index (χ4n) is 3.12. The van der Waals surface area contributed by atoms with E-state index >= 15 is 0 Å². The van der Waals surface area contributed by atoms with Crippen LogP contribution >= 0.6 is 0 Å². The number of aliphatic hydroxyl groups excluding tert-OH is 1. The summed E-state index contributed by atoms with van der Waals surface area (Å²) in [4.78, 5) is 8.10. The highest BCUT2D eigenvalue weighted by Gasteiger charge is 2.19. The number of hydrogen-bond donors (Lipinski definition) is 4. The second-order valence-electron chi connectivity index (χ2n) is 6.23. The SMILES string of the molecule is CCNC(=NCc1cc2ccccc2[nH]1)NC1CCC(O)CC1. The van der Waals surface area contributed by atoms with Gasteiger partial charge in [-0.15, -0.1) is 0 Å². The molecule has 0 amide bonds. The molecule has 1 fully saturated rings. The van der Waals surface area contributed by atoms with E-state index in [9.17, 15) is 5.11 Å². The lowest BCUT2D eigenvalue weighted by molar-refractivity contribution is 0.120. The third kappa shape index (κ3) is 4.26. The van der Waals surface area contributed by atoms with E-state index in [1.54, 1.807) is 0 Å². The molecule has 1 saturated carbocycles. The number of nitrogens with one attached hydrogen (secondary N) is 3. The summed E-state index contributed by atoms with van der Waals surface area (Å²) < 4.78 is 0. The van der Waals surface area contributed by atoms with Gasteiger partial charge in [0.05, 0.1) is 12.6 Å². The van der Waals surface area contributed by atoms with Gasteiger partial charge >= 0.3 is 0 Å². The number of rotatable bonds is 4. The minimum absolute atomic E-state index is 0.126. The van der Waals surface area contributed by atoms with Gasteiger partial charge in [-0.05, 0) is 50.1 Å². The topological polar surface area (TPSA) is 72.4 Å². The molecule has 124 valence electrons. The van der Waals surface area contributed by atoms with Gasteiger partial charge in [-0.25, -0.2) is 4.99 Å². The van der Waals surface area contributed by atoms with Crippen LogP contribution < -0.4 is 10.6 Å². The van der Waals surface area contributed by atoms with Crippen LogP contribution in [-0.4, -0.2) is 34.7 Å². The zero-order valence-electron chi connectivity index (χ0n) is 13.7. The number of fused-ring (bicyclic) bond motifs is 1. The lowest BCUT2D eigenvalue weighted by Crippen LogP contribution is -2.45. The first-order valence-electron chi connectivity index (χ1n) is 8.54. The van der Waals surface area contributed by atoms with Crippen molar-refractivity contribution in [2.45, 2.75) is 51.3 Å². The summed E-state index contributed by atoms with van der Waals surface area (Å²) in [5.74, 6) is 0.854.